The highest BCUT2D eigenvalue weighted by molar-refractivity contribution is 5.92. The van der Waals surface area contributed by atoms with Crippen molar-refractivity contribution in [1.82, 2.24) is 15.1 Å². The van der Waals surface area contributed by atoms with E-state index in [0.717, 1.165) is 11.4 Å². The molecule has 0 saturated carbocycles. The Morgan fingerprint density at radius 1 is 1.14 bits per heavy atom. The summed E-state index contributed by atoms with van der Waals surface area (Å²) in [6.07, 6.45) is 1.70. The number of hydrogen-bond donors (Lipinski definition) is 2. The van der Waals surface area contributed by atoms with Crippen LogP contribution in [0.3, 0.4) is 0 Å². The average molecular weight is 381 g/mol. The molecule has 9 nitrogen and oxygen atoms in total. The van der Waals surface area contributed by atoms with Crippen molar-refractivity contribution in [2.75, 3.05) is 25.5 Å². The summed E-state index contributed by atoms with van der Waals surface area (Å²) < 4.78 is 6.72. The molecule has 0 bridgehead atoms. The molecule has 0 aliphatic rings. The Balaban J connectivity index is 1.53. The van der Waals surface area contributed by atoms with Gasteiger partial charge in [-0.15, -0.1) is 0 Å². The minimum absolute atomic E-state index is 0.00735. The highest BCUT2D eigenvalue weighted by Gasteiger charge is 2.12. The molecule has 1 amide bonds. The Labute approximate surface area is 161 Å². The lowest BCUT2D eigenvalue weighted by Gasteiger charge is -2.07. The van der Waals surface area contributed by atoms with Gasteiger partial charge in [-0.1, -0.05) is 12.1 Å². The van der Waals surface area contributed by atoms with E-state index >= 15 is 0 Å². The predicted octanol–water partition coefficient (Wildman–Crippen LogP) is 2.63. The fourth-order valence-corrected chi connectivity index (χ4v) is 2.57. The van der Waals surface area contributed by atoms with Crippen molar-refractivity contribution < 1.29 is 14.5 Å². The maximum absolute atomic E-state index is 12.2. The third-order valence-corrected chi connectivity index (χ3v) is 3.99. The minimum Gasteiger partial charge on any atom is -0.497 e. The molecular weight excluding hydrogens is 362 g/mol. The summed E-state index contributed by atoms with van der Waals surface area (Å²) in [6.45, 7) is 0.635. The number of nitro benzene ring substituents is 1. The summed E-state index contributed by atoms with van der Waals surface area (Å²) in [4.78, 5) is 22.8. The topological polar surface area (TPSA) is 111 Å². The number of benzene rings is 2. The van der Waals surface area contributed by atoms with E-state index in [1.165, 1.54) is 6.07 Å². The van der Waals surface area contributed by atoms with Crippen LogP contribution in [-0.4, -0.2) is 40.8 Å². The zero-order valence-electron chi connectivity index (χ0n) is 15.2. The first-order valence-corrected chi connectivity index (χ1v) is 8.54. The van der Waals surface area contributed by atoms with E-state index in [4.69, 9.17) is 4.74 Å². The SMILES string of the molecule is COc1ccc(-n2ccc(C(=O)NCCNc3ccccc3[N+](=O)[O-])n2)cc1. The number of nitro groups is 1. The zero-order chi connectivity index (χ0) is 19.9. The van der Waals surface area contributed by atoms with E-state index in [1.54, 1.807) is 42.3 Å². The second kappa shape index (κ2) is 8.67. The van der Waals surface area contributed by atoms with Gasteiger partial charge in [-0.2, -0.15) is 5.10 Å². The molecule has 1 aromatic heterocycles. The molecule has 0 fully saturated rings. The third kappa shape index (κ3) is 4.44. The number of methoxy groups -OCH3 is 1. The lowest BCUT2D eigenvalue weighted by atomic mass is 10.2. The maximum atomic E-state index is 12.2. The summed E-state index contributed by atoms with van der Waals surface area (Å²) in [6, 6.07) is 15.3. The van der Waals surface area contributed by atoms with Gasteiger partial charge in [0.05, 0.1) is 17.7 Å². The second-order valence-corrected chi connectivity index (χ2v) is 5.80. The number of amides is 1. The number of hydrogen-bond acceptors (Lipinski definition) is 6. The monoisotopic (exact) mass is 381 g/mol. The van der Waals surface area contributed by atoms with Gasteiger partial charge in [0.2, 0.25) is 0 Å². The summed E-state index contributed by atoms with van der Waals surface area (Å²) in [5.41, 5.74) is 1.48. The number of nitrogens with zero attached hydrogens (tertiary/aromatic N) is 3. The van der Waals surface area contributed by atoms with E-state index in [9.17, 15) is 14.9 Å². The Morgan fingerprint density at radius 2 is 1.89 bits per heavy atom. The van der Waals surface area contributed by atoms with Crippen LogP contribution in [0.2, 0.25) is 0 Å². The Kier molecular flexibility index (Phi) is 5.85. The number of carbonyl (C=O) groups excluding carboxylic acids is 1. The van der Waals surface area contributed by atoms with Gasteiger partial charge in [0, 0.05) is 25.4 Å². The van der Waals surface area contributed by atoms with Crippen molar-refractivity contribution in [3.8, 4) is 11.4 Å². The molecule has 9 heteroatoms. The third-order valence-electron chi connectivity index (χ3n) is 3.99. The lowest BCUT2D eigenvalue weighted by Crippen LogP contribution is -2.29. The molecule has 0 saturated heterocycles. The molecule has 28 heavy (non-hydrogen) atoms. The predicted molar refractivity (Wildman–Crippen MR) is 104 cm³/mol. The van der Waals surface area contributed by atoms with Crippen LogP contribution in [0.4, 0.5) is 11.4 Å². The van der Waals surface area contributed by atoms with E-state index in [0.29, 0.717) is 18.8 Å². The zero-order valence-corrected chi connectivity index (χ0v) is 15.2. The van der Waals surface area contributed by atoms with Gasteiger partial charge >= 0.3 is 0 Å². The Bertz CT molecular complexity index is 968. The summed E-state index contributed by atoms with van der Waals surface area (Å²) in [5.74, 6) is 0.414. The second-order valence-electron chi connectivity index (χ2n) is 5.80. The molecule has 2 N–H and O–H groups in total. The van der Waals surface area contributed by atoms with Crippen molar-refractivity contribution in [2.45, 2.75) is 0 Å². The normalized spacial score (nSPS) is 10.3. The first-order valence-electron chi connectivity index (χ1n) is 8.54. The highest BCUT2D eigenvalue weighted by Crippen LogP contribution is 2.22. The molecule has 0 spiro atoms. The first-order chi connectivity index (χ1) is 13.6. The number of rotatable bonds is 8. The van der Waals surface area contributed by atoms with Gasteiger partial charge in [-0.3, -0.25) is 14.9 Å². The Hall–Kier alpha value is -3.88. The van der Waals surface area contributed by atoms with Crippen LogP contribution in [-0.2, 0) is 0 Å². The quantitative estimate of drug-likeness (QED) is 0.352. The van der Waals surface area contributed by atoms with E-state index in [-0.39, 0.29) is 17.3 Å². The molecular formula is C19H19N5O4. The van der Waals surface area contributed by atoms with Gasteiger partial charge in [-0.25, -0.2) is 4.68 Å². The maximum Gasteiger partial charge on any atom is 0.292 e. The molecule has 0 aliphatic heterocycles. The number of para-hydroxylation sites is 2. The molecule has 3 aromatic rings. The van der Waals surface area contributed by atoms with Gasteiger partial charge in [0.25, 0.3) is 11.6 Å². The number of aromatic nitrogens is 2. The largest absolute Gasteiger partial charge is 0.497 e. The van der Waals surface area contributed by atoms with Crippen molar-refractivity contribution in [1.29, 1.82) is 0 Å². The van der Waals surface area contributed by atoms with Crippen molar-refractivity contribution in [2.24, 2.45) is 0 Å². The first kappa shape index (κ1) is 18.9. The fourth-order valence-electron chi connectivity index (χ4n) is 2.57. The molecule has 0 atom stereocenters. The fraction of sp³-hybridized carbons (Fsp3) is 0.158. The number of ether oxygens (including phenoxy) is 1. The Morgan fingerprint density at radius 3 is 2.61 bits per heavy atom. The minimum atomic E-state index is -0.452. The van der Waals surface area contributed by atoms with E-state index in [2.05, 4.69) is 15.7 Å². The van der Waals surface area contributed by atoms with Crippen molar-refractivity contribution in [3.63, 3.8) is 0 Å². The van der Waals surface area contributed by atoms with E-state index in [1.807, 2.05) is 24.3 Å². The molecule has 0 aliphatic carbocycles. The summed E-state index contributed by atoms with van der Waals surface area (Å²) >= 11 is 0. The molecule has 3 rings (SSSR count). The number of anilines is 1. The number of nitrogens with one attached hydrogen (secondary N) is 2. The van der Waals surface area contributed by atoms with Gasteiger partial charge in [-0.05, 0) is 36.4 Å². The van der Waals surface area contributed by atoms with Gasteiger partial charge in [0.1, 0.15) is 11.4 Å². The molecule has 1 heterocycles. The van der Waals surface area contributed by atoms with Crippen LogP contribution in [0, 0.1) is 10.1 Å². The highest BCUT2D eigenvalue weighted by atomic mass is 16.6. The average Bonchev–Trinajstić information content (AvgIpc) is 3.21. The molecule has 0 unspecified atom stereocenters. The van der Waals surface area contributed by atoms with Crippen molar-refractivity contribution >= 4 is 17.3 Å². The van der Waals surface area contributed by atoms with Crippen LogP contribution in [0.25, 0.3) is 5.69 Å². The van der Waals surface area contributed by atoms with Crippen LogP contribution in [0.1, 0.15) is 10.5 Å². The molecule has 0 radical (unpaired) electrons. The summed E-state index contributed by atoms with van der Waals surface area (Å²) in [5, 5.41) is 20.9. The smallest absolute Gasteiger partial charge is 0.292 e. The summed E-state index contributed by atoms with van der Waals surface area (Å²) in [7, 11) is 1.59. The number of carbonyl (C=O) groups is 1. The van der Waals surface area contributed by atoms with Crippen molar-refractivity contribution in [3.05, 3.63) is 76.6 Å². The molecule has 144 valence electrons. The van der Waals surface area contributed by atoms with Crippen LogP contribution in [0.5, 0.6) is 5.75 Å². The molecule has 2 aromatic carbocycles. The lowest BCUT2D eigenvalue weighted by molar-refractivity contribution is -0.384. The standard InChI is InChI=1S/C19H19N5O4/c1-28-15-8-6-14(7-9-15)23-13-10-17(22-23)19(25)21-12-11-20-16-4-2-3-5-18(16)24(26)27/h2-10,13,20H,11-12H2,1H3,(H,21,25). The van der Waals surface area contributed by atoms with E-state index < -0.39 is 4.92 Å². The van der Waals surface area contributed by atoms with Crippen LogP contribution >= 0.6 is 0 Å². The van der Waals surface area contributed by atoms with Gasteiger partial charge < -0.3 is 15.4 Å². The van der Waals surface area contributed by atoms with Crippen LogP contribution < -0.4 is 15.4 Å². The van der Waals surface area contributed by atoms with Gasteiger partial charge in [0.15, 0.2) is 5.69 Å². The van der Waals surface area contributed by atoms with Crippen LogP contribution in [0.15, 0.2) is 60.8 Å².